The third-order valence-corrected chi connectivity index (χ3v) is 6.25. The van der Waals surface area contributed by atoms with Crippen LogP contribution in [0, 0.1) is 5.41 Å². The molecule has 1 rings (SSSR count). The molecule has 0 heterocycles. The van der Waals surface area contributed by atoms with Crippen LogP contribution < -0.4 is 0 Å². The van der Waals surface area contributed by atoms with Gasteiger partial charge in [-0.2, -0.15) is 4.31 Å². The minimum Gasteiger partial charge on any atom is -0.207 e. The lowest BCUT2D eigenvalue weighted by atomic mass is 9.88. The largest absolute Gasteiger partial charge is 0.244 e. The fourth-order valence-electron chi connectivity index (χ4n) is 1.59. The van der Waals surface area contributed by atoms with Gasteiger partial charge in [-0.1, -0.05) is 48.3 Å². The fraction of sp³-hybridized carbons (Fsp3) is 0.538. The van der Waals surface area contributed by atoms with Crippen molar-refractivity contribution in [3.63, 3.8) is 0 Å². The summed E-state index contributed by atoms with van der Waals surface area (Å²) in [5.41, 5.74) is -0.149. The molecule has 108 valence electrons. The Kier molecular flexibility index (Phi) is 5.10. The molecule has 1 aromatic rings. The van der Waals surface area contributed by atoms with E-state index in [1.54, 1.807) is 19.2 Å². The Morgan fingerprint density at radius 2 is 1.84 bits per heavy atom. The molecule has 1 atom stereocenters. The van der Waals surface area contributed by atoms with Gasteiger partial charge in [0.15, 0.2) is 0 Å². The Bertz CT molecular complexity index is 566. The molecule has 0 spiro atoms. The number of nitrogens with zero attached hydrogens (tertiary/aromatic N) is 1. The van der Waals surface area contributed by atoms with Gasteiger partial charge in [-0.25, -0.2) is 8.42 Å². The maximum Gasteiger partial charge on any atom is 0.244 e. The molecule has 0 bridgehead atoms. The van der Waals surface area contributed by atoms with Gasteiger partial charge in [0.05, 0.1) is 5.02 Å². The molecule has 0 aliphatic heterocycles. The Hall–Kier alpha value is -0.100. The molecular formula is C13H19BrClNO2S. The lowest BCUT2D eigenvalue weighted by Gasteiger charge is -2.34. The van der Waals surface area contributed by atoms with Gasteiger partial charge < -0.3 is 0 Å². The van der Waals surface area contributed by atoms with E-state index in [9.17, 15) is 8.42 Å². The average Bonchev–Trinajstić information content (AvgIpc) is 2.25. The lowest BCUT2D eigenvalue weighted by Crippen LogP contribution is -2.42. The van der Waals surface area contributed by atoms with Crippen LogP contribution in [0.3, 0.4) is 0 Å². The molecule has 0 aliphatic rings. The van der Waals surface area contributed by atoms with Crippen LogP contribution in [0.2, 0.25) is 5.02 Å². The zero-order valence-corrected chi connectivity index (χ0v) is 14.9. The van der Waals surface area contributed by atoms with E-state index >= 15 is 0 Å². The number of hydrogen-bond acceptors (Lipinski definition) is 2. The molecule has 19 heavy (non-hydrogen) atoms. The second kappa shape index (κ2) is 5.72. The first-order valence-electron chi connectivity index (χ1n) is 5.91. The minimum atomic E-state index is -3.59. The van der Waals surface area contributed by atoms with Crippen molar-refractivity contribution < 1.29 is 8.42 Å². The molecular weight excluding hydrogens is 350 g/mol. The molecule has 0 saturated carbocycles. The van der Waals surface area contributed by atoms with Crippen LogP contribution in [-0.2, 0) is 10.0 Å². The summed E-state index contributed by atoms with van der Waals surface area (Å²) in [5, 5.41) is 0.224. The maximum absolute atomic E-state index is 12.6. The van der Waals surface area contributed by atoms with Crippen LogP contribution >= 0.6 is 27.5 Å². The Morgan fingerprint density at radius 3 is 2.26 bits per heavy atom. The van der Waals surface area contributed by atoms with Crippen LogP contribution in [0.25, 0.3) is 0 Å². The van der Waals surface area contributed by atoms with E-state index in [2.05, 4.69) is 15.9 Å². The Morgan fingerprint density at radius 1 is 1.32 bits per heavy atom. The molecule has 0 fully saturated rings. The fourth-order valence-corrected chi connectivity index (χ4v) is 4.15. The van der Waals surface area contributed by atoms with Crippen molar-refractivity contribution >= 4 is 37.6 Å². The van der Waals surface area contributed by atoms with E-state index < -0.39 is 10.0 Å². The van der Waals surface area contributed by atoms with Gasteiger partial charge in [0.1, 0.15) is 4.90 Å². The molecule has 0 radical (unpaired) electrons. The van der Waals surface area contributed by atoms with Crippen molar-refractivity contribution in [2.45, 2.75) is 38.6 Å². The van der Waals surface area contributed by atoms with Gasteiger partial charge in [0, 0.05) is 17.6 Å². The number of hydrogen-bond donors (Lipinski definition) is 0. The highest BCUT2D eigenvalue weighted by Crippen LogP contribution is 2.31. The van der Waals surface area contributed by atoms with Crippen molar-refractivity contribution in [2.75, 3.05) is 7.05 Å². The van der Waals surface area contributed by atoms with E-state index in [4.69, 9.17) is 11.6 Å². The van der Waals surface area contributed by atoms with Gasteiger partial charge in [-0.15, -0.1) is 0 Å². The SMILES string of the molecule is CC(N(C)S(=O)(=O)c1ccc(Br)cc1Cl)C(C)(C)C. The van der Waals surface area contributed by atoms with Crippen LogP contribution in [-0.4, -0.2) is 25.8 Å². The molecule has 0 amide bonds. The van der Waals surface area contributed by atoms with Gasteiger partial charge in [0.25, 0.3) is 0 Å². The van der Waals surface area contributed by atoms with Gasteiger partial charge in [-0.05, 0) is 30.5 Å². The summed E-state index contributed by atoms with van der Waals surface area (Å²) in [6, 6.07) is 4.64. The van der Waals surface area contributed by atoms with Crippen molar-refractivity contribution in [3.05, 3.63) is 27.7 Å². The van der Waals surface area contributed by atoms with Gasteiger partial charge in [0.2, 0.25) is 10.0 Å². The summed E-state index contributed by atoms with van der Waals surface area (Å²) in [5.74, 6) is 0. The van der Waals surface area contributed by atoms with Crippen molar-refractivity contribution in [3.8, 4) is 0 Å². The van der Waals surface area contributed by atoms with E-state index in [1.165, 1.54) is 10.4 Å². The molecule has 1 unspecified atom stereocenters. The van der Waals surface area contributed by atoms with Crippen molar-refractivity contribution in [2.24, 2.45) is 5.41 Å². The first-order valence-corrected chi connectivity index (χ1v) is 8.52. The van der Waals surface area contributed by atoms with E-state index in [0.717, 1.165) is 4.47 Å². The minimum absolute atomic E-state index is 0.135. The number of benzene rings is 1. The van der Waals surface area contributed by atoms with Crippen LogP contribution in [0.1, 0.15) is 27.7 Å². The summed E-state index contributed by atoms with van der Waals surface area (Å²) in [4.78, 5) is 0.135. The summed E-state index contributed by atoms with van der Waals surface area (Å²) in [6.45, 7) is 7.91. The molecule has 0 saturated heterocycles. The molecule has 0 aromatic heterocycles. The second-order valence-electron chi connectivity index (χ2n) is 5.64. The third kappa shape index (κ3) is 3.72. The number of sulfonamides is 1. The molecule has 3 nitrogen and oxygen atoms in total. The van der Waals surface area contributed by atoms with E-state index in [-0.39, 0.29) is 21.4 Å². The van der Waals surface area contributed by atoms with Gasteiger partial charge in [-0.3, -0.25) is 0 Å². The summed E-state index contributed by atoms with van der Waals surface area (Å²) >= 11 is 9.31. The molecule has 1 aromatic carbocycles. The normalized spacial score (nSPS) is 14.7. The van der Waals surface area contributed by atoms with Crippen LogP contribution in [0.5, 0.6) is 0 Å². The lowest BCUT2D eigenvalue weighted by molar-refractivity contribution is 0.216. The topological polar surface area (TPSA) is 37.4 Å². The first-order chi connectivity index (χ1) is 8.48. The zero-order chi connectivity index (χ0) is 15.0. The van der Waals surface area contributed by atoms with Crippen LogP contribution in [0.15, 0.2) is 27.6 Å². The highest BCUT2D eigenvalue weighted by molar-refractivity contribution is 9.10. The summed E-state index contributed by atoms with van der Waals surface area (Å²) in [7, 11) is -2.00. The zero-order valence-electron chi connectivity index (χ0n) is 11.7. The van der Waals surface area contributed by atoms with Crippen molar-refractivity contribution in [1.29, 1.82) is 0 Å². The quantitative estimate of drug-likeness (QED) is 0.803. The predicted octanol–water partition coefficient (Wildman–Crippen LogP) is 4.16. The molecule has 6 heteroatoms. The van der Waals surface area contributed by atoms with Gasteiger partial charge >= 0.3 is 0 Å². The van der Waals surface area contributed by atoms with E-state index in [1.807, 2.05) is 27.7 Å². The molecule has 0 N–H and O–H groups in total. The number of halogens is 2. The summed E-state index contributed by atoms with van der Waals surface area (Å²) < 4.78 is 27.3. The smallest absolute Gasteiger partial charge is 0.207 e. The first kappa shape index (κ1) is 17.0. The predicted molar refractivity (Wildman–Crippen MR) is 83.0 cm³/mol. The highest BCUT2D eigenvalue weighted by Gasteiger charge is 2.33. The second-order valence-corrected chi connectivity index (χ2v) is 8.93. The standard InChI is InChI=1S/C13H19BrClNO2S/c1-9(13(2,3)4)16(5)19(17,18)12-7-6-10(14)8-11(12)15/h6-9H,1-5H3. The maximum atomic E-state index is 12.6. The average molecular weight is 369 g/mol. The molecule has 0 aliphatic carbocycles. The Balaban J connectivity index is 3.24. The van der Waals surface area contributed by atoms with E-state index in [0.29, 0.717) is 0 Å². The number of rotatable bonds is 3. The van der Waals surface area contributed by atoms with Crippen molar-refractivity contribution in [1.82, 2.24) is 4.31 Å². The third-order valence-electron chi connectivity index (χ3n) is 3.35. The Labute approximate surface area is 129 Å². The highest BCUT2D eigenvalue weighted by atomic mass is 79.9. The summed E-state index contributed by atoms with van der Waals surface area (Å²) in [6.07, 6.45) is 0. The monoisotopic (exact) mass is 367 g/mol. The van der Waals surface area contributed by atoms with Crippen LogP contribution in [0.4, 0.5) is 0 Å².